The third kappa shape index (κ3) is 2.49. The van der Waals surface area contributed by atoms with Gasteiger partial charge in [0.15, 0.2) is 10.4 Å². The molecular formula is C14H18N6S. The molecule has 3 heterocycles. The highest BCUT2D eigenvalue weighted by molar-refractivity contribution is 7.71. The number of imidazole rings is 1. The molecule has 3 aromatic rings. The summed E-state index contributed by atoms with van der Waals surface area (Å²) >= 11 is 5.45. The molecule has 6 nitrogen and oxygen atoms in total. The average molecular weight is 302 g/mol. The maximum absolute atomic E-state index is 5.45. The van der Waals surface area contributed by atoms with Crippen molar-refractivity contribution in [2.75, 3.05) is 0 Å². The van der Waals surface area contributed by atoms with Crippen molar-refractivity contribution in [1.82, 2.24) is 29.3 Å². The van der Waals surface area contributed by atoms with Crippen LogP contribution in [0.15, 0.2) is 12.4 Å². The summed E-state index contributed by atoms with van der Waals surface area (Å²) in [6.45, 7) is 4.67. The van der Waals surface area contributed by atoms with E-state index in [0.29, 0.717) is 11.3 Å². The average Bonchev–Trinajstić information content (AvgIpc) is 2.92. The van der Waals surface area contributed by atoms with E-state index in [1.165, 1.54) is 0 Å². The summed E-state index contributed by atoms with van der Waals surface area (Å²) < 4.78 is 4.60. The molecular weight excluding hydrogens is 284 g/mol. The number of aryl methyl sites for hydroxylation is 3. The summed E-state index contributed by atoms with van der Waals surface area (Å²) in [6, 6.07) is 0. The van der Waals surface area contributed by atoms with Crippen molar-refractivity contribution in [1.29, 1.82) is 0 Å². The second-order valence-electron chi connectivity index (χ2n) is 5.18. The maximum atomic E-state index is 5.45. The lowest BCUT2D eigenvalue weighted by atomic mass is 10.2. The third-order valence-corrected chi connectivity index (χ3v) is 3.79. The SMILES string of the molecule is CCCc1nn(C)c2c1[nH]c(=S)n2Cc1cnc(C)cn1. The number of hydrogen-bond acceptors (Lipinski definition) is 4. The van der Waals surface area contributed by atoms with Crippen LogP contribution in [0.2, 0.25) is 0 Å². The van der Waals surface area contributed by atoms with Crippen LogP contribution in [0, 0.1) is 11.7 Å². The van der Waals surface area contributed by atoms with Gasteiger partial charge >= 0.3 is 0 Å². The van der Waals surface area contributed by atoms with Gasteiger partial charge in [0.25, 0.3) is 0 Å². The summed E-state index contributed by atoms with van der Waals surface area (Å²) in [4.78, 5) is 12.0. The first-order valence-corrected chi connectivity index (χ1v) is 7.43. The lowest BCUT2D eigenvalue weighted by Crippen LogP contribution is -2.06. The standard InChI is InChI=1S/C14H18N6S/c1-4-5-11-12-13(19(3)18-11)20(14(21)17-12)8-10-7-15-9(2)6-16-10/h6-7H,4-5,8H2,1-3H3,(H,17,21). The van der Waals surface area contributed by atoms with Crippen molar-refractivity contribution in [2.24, 2.45) is 7.05 Å². The molecule has 0 amide bonds. The lowest BCUT2D eigenvalue weighted by Gasteiger charge is -2.04. The van der Waals surface area contributed by atoms with E-state index in [9.17, 15) is 0 Å². The minimum Gasteiger partial charge on any atom is -0.328 e. The van der Waals surface area contributed by atoms with Crippen molar-refractivity contribution in [2.45, 2.75) is 33.2 Å². The van der Waals surface area contributed by atoms with Gasteiger partial charge in [0, 0.05) is 13.2 Å². The molecule has 110 valence electrons. The Morgan fingerprint density at radius 3 is 2.76 bits per heavy atom. The Hall–Kier alpha value is -2.02. The first kappa shape index (κ1) is 13.9. The maximum Gasteiger partial charge on any atom is 0.179 e. The van der Waals surface area contributed by atoms with Crippen molar-refractivity contribution >= 4 is 23.4 Å². The first-order valence-electron chi connectivity index (χ1n) is 7.02. The highest BCUT2D eigenvalue weighted by atomic mass is 32.1. The predicted molar refractivity (Wildman–Crippen MR) is 83.8 cm³/mol. The molecule has 0 fully saturated rings. The molecule has 0 atom stereocenters. The monoisotopic (exact) mass is 302 g/mol. The molecule has 0 aliphatic carbocycles. The third-order valence-electron chi connectivity index (χ3n) is 3.46. The van der Waals surface area contributed by atoms with Crippen LogP contribution in [0.4, 0.5) is 0 Å². The summed E-state index contributed by atoms with van der Waals surface area (Å²) in [5.41, 5.74) is 4.90. The zero-order valence-corrected chi connectivity index (χ0v) is 13.2. The molecule has 0 bridgehead atoms. The molecule has 3 aromatic heterocycles. The van der Waals surface area contributed by atoms with Crippen LogP contribution in [0.1, 0.15) is 30.4 Å². The zero-order valence-electron chi connectivity index (χ0n) is 12.4. The zero-order chi connectivity index (χ0) is 15.0. The number of aromatic amines is 1. The van der Waals surface area contributed by atoms with Crippen molar-refractivity contribution in [3.05, 3.63) is 34.2 Å². The van der Waals surface area contributed by atoms with E-state index in [0.717, 1.165) is 41.1 Å². The molecule has 0 aliphatic heterocycles. The molecule has 1 N–H and O–H groups in total. The van der Waals surface area contributed by atoms with Gasteiger partial charge in [-0.3, -0.25) is 19.2 Å². The van der Waals surface area contributed by atoms with Crippen molar-refractivity contribution in [3.63, 3.8) is 0 Å². The fourth-order valence-corrected chi connectivity index (χ4v) is 2.75. The number of H-pyrrole nitrogens is 1. The molecule has 0 saturated carbocycles. The second kappa shape index (κ2) is 5.40. The molecule has 0 radical (unpaired) electrons. The van der Waals surface area contributed by atoms with Gasteiger partial charge in [-0.15, -0.1) is 0 Å². The first-order chi connectivity index (χ1) is 10.1. The summed E-state index contributed by atoms with van der Waals surface area (Å²) in [5, 5.41) is 4.58. The molecule has 0 unspecified atom stereocenters. The Balaban J connectivity index is 2.08. The van der Waals surface area contributed by atoms with E-state index in [-0.39, 0.29) is 0 Å². The minimum absolute atomic E-state index is 0.594. The number of nitrogens with zero attached hydrogens (tertiary/aromatic N) is 5. The largest absolute Gasteiger partial charge is 0.328 e. The normalized spacial score (nSPS) is 11.4. The second-order valence-corrected chi connectivity index (χ2v) is 5.57. The van der Waals surface area contributed by atoms with E-state index in [1.54, 1.807) is 12.4 Å². The van der Waals surface area contributed by atoms with Crippen LogP contribution in [-0.2, 0) is 20.0 Å². The fourth-order valence-electron chi connectivity index (χ4n) is 2.50. The molecule has 3 rings (SSSR count). The highest BCUT2D eigenvalue weighted by Gasteiger charge is 2.15. The van der Waals surface area contributed by atoms with Crippen molar-refractivity contribution in [3.8, 4) is 0 Å². The molecule has 21 heavy (non-hydrogen) atoms. The Morgan fingerprint density at radius 1 is 1.29 bits per heavy atom. The fraction of sp³-hybridized carbons (Fsp3) is 0.429. The highest BCUT2D eigenvalue weighted by Crippen LogP contribution is 2.19. The van der Waals surface area contributed by atoms with Gasteiger partial charge in [0.1, 0.15) is 5.52 Å². The van der Waals surface area contributed by atoms with E-state index in [4.69, 9.17) is 12.2 Å². The van der Waals surface area contributed by atoms with E-state index in [1.807, 2.05) is 23.2 Å². The summed E-state index contributed by atoms with van der Waals surface area (Å²) in [5.74, 6) is 0. The van der Waals surface area contributed by atoms with Gasteiger partial charge < -0.3 is 4.98 Å². The van der Waals surface area contributed by atoms with Gasteiger partial charge in [-0.25, -0.2) is 0 Å². The van der Waals surface area contributed by atoms with Gasteiger partial charge in [-0.05, 0) is 25.6 Å². The van der Waals surface area contributed by atoms with Gasteiger partial charge in [-0.1, -0.05) is 13.3 Å². The van der Waals surface area contributed by atoms with Crippen LogP contribution in [0.5, 0.6) is 0 Å². The smallest absolute Gasteiger partial charge is 0.179 e. The number of aromatic nitrogens is 6. The van der Waals surface area contributed by atoms with Gasteiger partial charge in [0.2, 0.25) is 0 Å². The van der Waals surface area contributed by atoms with Crippen LogP contribution >= 0.6 is 12.2 Å². The van der Waals surface area contributed by atoms with Gasteiger partial charge in [-0.2, -0.15) is 5.10 Å². The topological polar surface area (TPSA) is 64.3 Å². The van der Waals surface area contributed by atoms with Gasteiger partial charge in [0.05, 0.1) is 29.8 Å². The molecule has 0 aliphatic rings. The Kier molecular flexibility index (Phi) is 3.59. The number of fused-ring (bicyclic) bond motifs is 1. The quantitative estimate of drug-likeness (QED) is 0.752. The number of rotatable bonds is 4. The summed E-state index contributed by atoms with van der Waals surface area (Å²) in [7, 11) is 1.95. The molecule has 0 spiro atoms. The Bertz CT molecular complexity index is 824. The Labute approximate surface area is 127 Å². The number of nitrogens with one attached hydrogen (secondary N) is 1. The molecule has 0 saturated heterocycles. The van der Waals surface area contributed by atoms with Crippen LogP contribution in [0.3, 0.4) is 0 Å². The molecule has 7 heteroatoms. The van der Waals surface area contributed by atoms with E-state index in [2.05, 4.69) is 27.0 Å². The number of hydrogen-bond donors (Lipinski definition) is 1. The predicted octanol–water partition coefficient (Wildman–Crippen LogP) is 2.53. The lowest BCUT2D eigenvalue weighted by molar-refractivity contribution is 0.695. The van der Waals surface area contributed by atoms with E-state index < -0.39 is 0 Å². The summed E-state index contributed by atoms with van der Waals surface area (Å²) in [6.07, 6.45) is 5.56. The Morgan fingerprint density at radius 2 is 2.10 bits per heavy atom. The van der Waals surface area contributed by atoms with Crippen LogP contribution in [0.25, 0.3) is 11.2 Å². The van der Waals surface area contributed by atoms with Crippen LogP contribution < -0.4 is 0 Å². The van der Waals surface area contributed by atoms with E-state index >= 15 is 0 Å². The van der Waals surface area contributed by atoms with Crippen LogP contribution in [-0.4, -0.2) is 29.3 Å². The molecule has 0 aromatic carbocycles. The minimum atomic E-state index is 0.594. The van der Waals surface area contributed by atoms with Crippen molar-refractivity contribution < 1.29 is 0 Å².